The molecular weight excluding hydrogens is 494 g/mol. The predicted molar refractivity (Wildman–Crippen MR) is 147 cm³/mol. The monoisotopic (exact) mass is 523 g/mol. The molecule has 4 aromatic rings. The minimum atomic E-state index is -1.17. The molecule has 39 heavy (non-hydrogen) atoms. The van der Waals surface area contributed by atoms with Crippen LogP contribution in [0.2, 0.25) is 0 Å². The number of H-pyrrole nitrogens is 1. The van der Waals surface area contributed by atoms with Crippen LogP contribution in [0.15, 0.2) is 91.1 Å². The summed E-state index contributed by atoms with van der Waals surface area (Å²) in [7, 11) is 0. The second kappa shape index (κ2) is 11.3. The fourth-order valence-electron chi connectivity index (χ4n) is 4.94. The van der Waals surface area contributed by atoms with Crippen molar-refractivity contribution in [1.82, 2.24) is 15.2 Å². The van der Waals surface area contributed by atoms with Crippen LogP contribution in [0.3, 0.4) is 0 Å². The summed E-state index contributed by atoms with van der Waals surface area (Å²) in [5.74, 6) is 3.23. The van der Waals surface area contributed by atoms with E-state index in [9.17, 15) is 19.2 Å². The summed E-state index contributed by atoms with van der Waals surface area (Å²) >= 11 is 0. The molecule has 0 spiro atoms. The number of nitrogens with one attached hydrogen (secondary N) is 2. The highest BCUT2D eigenvalue weighted by Gasteiger charge is 2.37. The van der Waals surface area contributed by atoms with E-state index in [1.165, 1.54) is 4.90 Å². The van der Waals surface area contributed by atoms with E-state index < -0.39 is 23.7 Å². The highest BCUT2D eigenvalue weighted by Crippen LogP contribution is 2.24. The van der Waals surface area contributed by atoms with E-state index in [-0.39, 0.29) is 31.3 Å². The molecule has 0 radical (unpaired) electrons. The first-order chi connectivity index (χ1) is 18.9. The molecule has 9 heteroatoms. The van der Waals surface area contributed by atoms with E-state index in [2.05, 4.69) is 10.3 Å². The topological polar surface area (TPSA) is 129 Å². The minimum Gasteiger partial charge on any atom is -0.361 e. The molecule has 1 aliphatic heterocycles. The van der Waals surface area contributed by atoms with Crippen LogP contribution in [0, 0.1) is 5.92 Å². The summed E-state index contributed by atoms with van der Waals surface area (Å²) in [6.07, 6.45) is 2.17. The Morgan fingerprint density at radius 1 is 0.949 bits per heavy atom. The normalized spacial score (nSPS) is 16.1. The number of amides is 3. The van der Waals surface area contributed by atoms with Crippen molar-refractivity contribution in [3.63, 3.8) is 0 Å². The molecule has 0 saturated carbocycles. The number of aromatic amines is 1. The van der Waals surface area contributed by atoms with E-state index in [1.54, 1.807) is 36.5 Å². The van der Waals surface area contributed by atoms with Crippen molar-refractivity contribution in [3.05, 3.63) is 102 Å². The van der Waals surface area contributed by atoms with E-state index in [0.29, 0.717) is 12.1 Å². The Morgan fingerprint density at radius 2 is 1.62 bits per heavy atom. The van der Waals surface area contributed by atoms with Gasteiger partial charge in [0.1, 0.15) is 18.5 Å². The van der Waals surface area contributed by atoms with Gasteiger partial charge in [0, 0.05) is 23.5 Å². The van der Waals surface area contributed by atoms with Gasteiger partial charge in [-0.2, -0.15) is 0 Å². The Balaban J connectivity index is 1.39. The molecule has 4 N–H and O–H groups in total. The number of benzene rings is 3. The van der Waals surface area contributed by atoms with Gasteiger partial charge in [0.05, 0.1) is 12.2 Å². The summed E-state index contributed by atoms with van der Waals surface area (Å²) < 4.78 is 0. The van der Waals surface area contributed by atoms with Gasteiger partial charge < -0.3 is 15.2 Å². The maximum atomic E-state index is 13.7. The molecule has 1 saturated heterocycles. The van der Waals surface area contributed by atoms with Crippen molar-refractivity contribution in [2.75, 3.05) is 18.1 Å². The SMILES string of the molecule is NN(C(=O)C(Cc1c[nH]c2ccccc12)C(=O)CN1CC(=O)NC(Cc2ccccc2)C1=O)c1ccccc1. The number of piperazine rings is 1. The first-order valence-electron chi connectivity index (χ1n) is 12.7. The minimum absolute atomic E-state index is 0.0872. The summed E-state index contributed by atoms with van der Waals surface area (Å²) in [5, 5.41) is 4.59. The zero-order chi connectivity index (χ0) is 27.4. The standard InChI is InChI=1S/C30H29N5O4/c31-35(22-11-5-2-6-12-22)29(38)24(16-21-17-32-25-14-8-7-13-23(21)25)27(36)18-34-19-28(37)33-26(30(34)39)15-20-9-3-1-4-10-20/h1-14,17,24,26,32H,15-16,18-19,31H2,(H,33,37). The number of Topliss-reactive ketones (excluding diaryl/α,β-unsaturated/α-hetero) is 1. The Bertz CT molecular complexity index is 1500. The van der Waals surface area contributed by atoms with Crippen LogP contribution in [-0.4, -0.2) is 52.5 Å². The molecule has 5 rings (SSSR count). The van der Waals surface area contributed by atoms with Gasteiger partial charge in [0.15, 0.2) is 5.78 Å². The smallest absolute Gasteiger partial charge is 0.252 e. The largest absolute Gasteiger partial charge is 0.361 e. The molecule has 9 nitrogen and oxygen atoms in total. The number of nitrogens with zero attached hydrogens (tertiary/aromatic N) is 2. The third-order valence-electron chi connectivity index (χ3n) is 6.97. The van der Waals surface area contributed by atoms with Gasteiger partial charge in [-0.3, -0.25) is 19.2 Å². The van der Waals surface area contributed by atoms with Gasteiger partial charge in [-0.1, -0.05) is 66.7 Å². The predicted octanol–water partition coefficient (Wildman–Crippen LogP) is 2.37. The molecule has 2 unspecified atom stereocenters. The van der Waals surface area contributed by atoms with Gasteiger partial charge in [-0.25, -0.2) is 10.9 Å². The first kappa shape index (κ1) is 25.9. The van der Waals surface area contributed by atoms with Gasteiger partial charge in [-0.05, 0) is 35.7 Å². The van der Waals surface area contributed by atoms with Crippen molar-refractivity contribution in [2.45, 2.75) is 18.9 Å². The lowest BCUT2D eigenvalue weighted by atomic mass is 9.92. The van der Waals surface area contributed by atoms with E-state index in [0.717, 1.165) is 27.0 Å². The number of nitrogens with two attached hydrogens (primary N) is 1. The van der Waals surface area contributed by atoms with Crippen molar-refractivity contribution in [2.24, 2.45) is 11.8 Å². The van der Waals surface area contributed by atoms with Crippen LogP contribution in [0.25, 0.3) is 10.9 Å². The summed E-state index contributed by atoms with van der Waals surface area (Å²) in [4.78, 5) is 57.5. The van der Waals surface area contributed by atoms with E-state index >= 15 is 0 Å². The molecule has 0 aliphatic carbocycles. The average Bonchev–Trinajstić information content (AvgIpc) is 3.37. The molecule has 1 aromatic heterocycles. The number of ketones is 1. The molecule has 0 bridgehead atoms. The third-order valence-corrected chi connectivity index (χ3v) is 6.97. The Labute approximate surface area is 225 Å². The van der Waals surface area contributed by atoms with Crippen LogP contribution in [0.1, 0.15) is 11.1 Å². The number of rotatable bonds is 9. The molecule has 2 heterocycles. The van der Waals surface area contributed by atoms with Gasteiger partial charge >= 0.3 is 0 Å². The van der Waals surface area contributed by atoms with Crippen LogP contribution < -0.4 is 16.2 Å². The van der Waals surface area contributed by atoms with Crippen molar-refractivity contribution in [3.8, 4) is 0 Å². The highest BCUT2D eigenvalue weighted by molar-refractivity contribution is 6.10. The van der Waals surface area contributed by atoms with Crippen LogP contribution >= 0.6 is 0 Å². The number of carbonyl (C=O) groups is 4. The lowest BCUT2D eigenvalue weighted by Gasteiger charge is -2.33. The summed E-state index contributed by atoms with van der Waals surface area (Å²) in [6, 6.07) is 24.8. The van der Waals surface area contributed by atoms with Gasteiger partial charge in [0.2, 0.25) is 11.8 Å². The second-order valence-electron chi connectivity index (χ2n) is 9.63. The highest BCUT2D eigenvalue weighted by atomic mass is 16.2. The van der Waals surface area contributed by atoms with E-state index in [4.69, 9.17) is 5.84 Å². The fourth-order valence-corrected chi connectivity index (χ4v) is 4.94. The van der Waals surface area contributed by atoms with Gasteiger partial charge in [0.25, 0.3) is 5.91 Å². The Morgan fingerprint density at radius 3 is 2.36 bits per heavy atom. The van der Waals surface area contributed by atoms with Crippen LogP contribution in [0.5, 0.6) is 0 Å². The lowest BCUT2D eigenvalue weighted by Crippen LogP contribution is -2.60. The van der Waals surface area contributed by atoms with Crippen LogP contribution in [0.4, 0.5) is 5.69 Å². The number of anilines is 1. The number of hydrogen-bond donors (Lipinski definition) is 3. The Kier molecular flexibility index (Phi) is 7.51. The quantitative estimate of drug-likeness (QED) is 0.134. The molecule has 198 valence electrons. The first-order valence-corrected chi connectivity index (χ1v) is 12.7. The summed E-state index contributed by atoms with van der Waals surface area (Å²) in [5.41, 5.74) is 2.99. The number of para-hydroxylation sites is 2. The number of aromatic nitrogens is 1. The van der Waals surface area contributed by atoms with Crippen molar-refractivity contribution >= 4 is 40.1 Å². The molecule has 1 fully saturated rings. The number of carbonyl (C=O) groups excluding carboxylic acids is 4. The molecule has 1 aliphatic rings. The maximum absolute atomic E-state index is 13.7. The maximum Gasteiger partial charge on any atom is 0.252 e. The number of fused-ring (bicyclic) bond motifs is 1. The zero-order valence-electron chi connectivity index (χ0n) is 21.2. The third kappa shape index (κ3) is 5.73. The fraction of sp³-hybridized carbons (Fsp3) is 0.200. The van der Waals surface area contributed by atoms with Crippen LogP contribution in [-0.2, 0) is 32.0 Å². The average molecular weight is 524 g/mol. The molecular formula is C30H29N5O4. The molecule has 2 atom stereocenters. The Hall–Kier alpha value is -4.76. The second-order valence-corrected chi connectivity index (χ2v) is 9.63. The molecule has 3 amide bonds. The lowest BCUT2D eigenvalue weighted by molar-refractivity contribution is -0.147. The molecule has 3 aromatic carbocycles. The number of hydrogen-bond acceptors (Lipinski definition) is 5. The number of hydrazine groups is 1. The van der Waals surface area contributed by atoms with Crippen molar-refractivity contribution < 1.29 is 19.2 Å². The van der Waals surface area contributed by atoms with Crippen molar-refractivity contribution in [1.29, 1.82) is 0 Å². The zero-order valence-corrected chi connectivity index (χ0v) is 21.2. The van der Waals surface area contributed by atoms with Gasteiger partial charge in [-0.15, -0.1) is 0 Å². The van der Waals surface area contributed by atoms with E-state index in [1.807, 2.05) is 54.6 Å². The summed E-state index contributed by atoms with van der Waals surface area (Å²) in [6.45, 7) is -0.631.